The van der Waals surface area contributed by atoms with Gasteiger partial charge in [-0.1, -0.05) is 23.2 Å². The highest BCUT2D eigenvalue weighted by atomic mass is 35.5. The smallest absolute Gasteiger partial charge is 0.491 e. The van der Waals surface area contributed by atoms with E-state index in [-0.39, 0.29) is 31.6 Å². The van der Waals surface area contributed by atoms with Crippen molar-refractivity contribution in [3.05, 3.63) is 56.8 Å². The third-order valence-electron chi connectivity index (χ3n) is 3.86. The molecule has 0 atom stereocenters. The first-order valence-corrected chi connectivity index (χ1v) is 7.95. The number of hydrogen-bond acceptors (Lipinski definition) is 3. The predicted octanol–water partition coefficient (Wildman–Crippen LogP) is 5.04. The Bertz CT molecular complexity index is 1080. The Balaban J connectivity index is 2.57. The van der Waals surface area contributed by atoms with Crippen LogP contribution in [-0.2, 0) is 6.30 Å². The Hall–Kier alpha value is -2.38. The third kappa shape index (κ3) is 2.97. The van der Waals surface area contributed by atoms with Crippen LogP contribution in [0.3, 0.4) is 0 Å². The second-order valence-corrected chi connectivity index (χ2v) is 6.28. The zero-order valence-electron chi connectivity index (χ0n) is 13.2. The predicted molar refractivity (Wildman–Crippen MR) is 95.9 cm³/mol. The largest absolute Gasteiger partial charge is 0.496 e. The lowest BCUT2D eigenvalue weighted by Crippen LogP contribution is -2.33. The van der Waals surface area contributed by atoms with Crippen molar-refractivity contribution in [2.45, 2.75) is 6.30 Å². The highest BCUT2D eigenvalue weighted by molar-refractivity contribution is 6.32. The summed E-state index contributed by atoms with van der Waals surface area (Å²) in [6.07, 6.45) is -4.95. The van der Waals surface area contributed by atoms with Gasteiger partial charge in [0.1, 0.15) is 11.4 Å². The number of fused-ring (bicyclic) bond motifs is 1. The van der Waals surface area contributed by atoms with Gasteiger partial charge in [0.25, 0.3) is 5.56 Å². The van der Waals surface area contributed by atoms with Crippen molar-refractivity contribution in [3.63, 3.8) is 0 Å². The van der Waals surface area contributed by atoms with E-state index in [1.165, 1.54) is 31.4 Å². The molecule has 0 fully saturated rings. The van der Waals surface area contributed by atoms with E-state index in [0.29, 0.717) is 10.8 Å². The maximum absolute atomic E-state index is 13.4. The van der Waals surface area contributed by atoms with Gasteiger partial charge in [0.2, 0.25) is 0 Å². The molecule has 2 aromatic carbocycles. The van der Waals surface area contributed by atoms with Crippen molar-refractivity contribution in [2.75, 3.05) is 12.8 Å². The maximum Gasteiger partial charge on any atom is 0.491 e. The minimum absolute atomic E-state index is 0.0486. The molecule has 0 radical (unpaired) electrons. The summed E-state index contributed by atoms with van der Waals surface area (Å²) >= 11 is 12.0. The van der Waals surface area contributed by atoms with Gasteiger partial charge in [0.15, 0.2) is 0 Å². The summed E-state index contributed by atoms with van der Waals surface area (Å²) in [5, 5.41) is 0.536. The average Bonchev–Trinajstić information content (AvgIpc) is 2.55. The van der Waals surface area contributed by atoms with Crippen LogP contribution in [0.2, 0.25) is 10.0 Å². The Kier molecular flexibility index (Phi) is 4.54. The van der Waals surface area contributed by atoms with Gasteiger partial charge < -0.3 is 10.5 Å². The molecule has 0 unspecified atom stereocenters. The molecule has 4 nitrogen and oxygen atoms in total. The normalized spacial score (nSPS) is 11.8. The van der Waals surface area contributed by atoms with Crippen LogP contribution in [-0.4, -0.2) is 11.7 Å². The number of anilines is 1. The third-order valence-corrected chi connectivity index (χ3v) is 4.33. The molecule has 2 N–H and O–H groups in total. The number of halogens is 5. The summed E-state index contributed by atoms with van der Waals surface area (Å²) in [4.78, 5) is 12.4. The van der Waals surface area contributed by atoms with Crippen molar-refractivity contribution in [1.82, 2.24) is 4.57 Å². The molecule has 3 rings (SSSR count). The number of nitrogens with zero attached hydrogens (tertiary/aromatic N) is 1. The first kappa shape index (κ1) is 18.4. The van der Waals surface area contributed by atoms with E-state index < -0.39 is 17.5 Å². The topological polar surface area (TPSA) is 57.2 Å². The van der Waals surface area contributed by atoms with Crippen LogP contribution < -0.4 is 16.0 Å². The van der Waals surface area contributed by atoms with Crippen molar-refractivity contribution >= 4 is 39.8 Å². The Morgan fingerprint density at radius 1 is 1.08 bits per heavy atom. The van der Waals surface area contributed by atoms with Crippen LogP contribution in [0.15, 0.2) is 41.2 Å². The van der Waals surface area contributed by atoms with Crippen LogP contribution in [0, 0.1) is 0 Å². The minimum Gasteiger partial charge on any atom is -0.496 e. The van der Waals surface area contributed by atoms with Gasteiger partial charge in [-0.3, -0.25) is 4.79 Å². The van der Waals surface area contributed by atoms with Crippen LogP contribution in [0.5, 0.6) is 5.75 Å². The number of aromatic nitrogens is 1. The van der Waals surface area contributed by atoms with E-state index in [1.54, 1.807) is 6.07 Å². The monoisotopic (exact) mass is 402 g/mol. The summed E-state index contributed by atoms with van der Waals surface area (Å²) in [5.41, 5.74) is 3.84. The van der Waals surface area contributed by atoms with Crippen molar-refractivity contribution < 1.29 is 17.9 Å². The zero-order chi connectivity index (χ0) is 19.2. The van der Waals surface area contributed by atoms with Crippen LogP contribution in [0.1, 0.15) is 0 Å². The fraction of sp³-hybridized carbons (Fsp3) is 0.118. The van der Waals surface area contributed by atoms with Gasteiger partial charge in [-0.2, -0.15) is 0 Å². The molecule has 0 spiro atoms. The first-order chi connectivity index (χ1) is 12.1. The highest BCUT2D eigenvalue weighted by Crippen LogP contribution is 2.41. The molecule has 0 aliphatic rings. The number of alkyl halides is 3. The van der Waals surface area contributed by atoms with Gasteiger partial charge >= 0.3 is 6.30 Å². The second kappa shape index (κ2) is 6.41. The Morgan fingerprint density at radius 2 is 1.69 bits per heavy atom. The second-order valence-electron chi connectivity index (χ2n) is 5.40. The molecule has 3 aromatic rings. The van der Waals surface area contributed by atoms with E-state index in [9.17, 15) is 18.0 Å². The van der Waals surface area contributed by atoms with Crippen molar-refractivity contribution in [2.24, 2.45) is 0 Å². The van der Waals surface area contributed by atoms with Gasteiger partial charge in [-0.05, 0) is 36.4 Å². The van der Waals surface area contributed by atoms with Crippen LogP contribution in [0.25, 0.3) is 22.0 Å². The fourth-order valence-electron chi connectivity index (χ4n) is 2.80. The van der Waals surface area contributed by atoms with Crippen molar-refractivity contribution in [1.29, 1.82) is 0 Å². The van der Waals surface area contributed by atoms with E-state index in [1.807, 2.05) is 0 Å². The summed E-state index contributed by atoms with van der Waals surface area (Å²) in [5.74, 6) is 0.298. The summed E-state index contributed by atoms with van der Waals surface area (Å²) in [6.45, 7) is 0. The SMILES string of the molecule is COc1ccc(Cl)cc1-c1c(N)c(=O)n(C(F)(F)F)c2ccc(Cl)cc12. The van der Waals surface area contributed by atoms with Gasteiger partial charge in [0, 0.05) is 26.6 Å². The van der Waals surface area contributed by atoms with Gasteiger partial charge in [-0.15, -0.1) is 13.2 Å². The molecule has 1 aromatic heterocycles. The Labute approximate surface area is 155 Å². The van der Waals surface area contributed by atoms with Crippen molar-refractivity contribution in [3.8, 4) is 16.9 Å². The lowest BCUT2D eigenvalue weighted by atomic mass is 9.98. The molecule has 0 aliphatic carbocycles. The number of hydrogen-bond donors (Lipinski definition) is 1. The first-order valence-electron chi connectivity index (χ1n) is 7.20. The van der Waals surface area contributed by atoms with E-state index >= 15 is 0 Å². The molecule has 0 amide bonds. The fourth-order valence-corrected chi connectivity index (χ4v) is 3.15. The number of methoxy groups -OCH3 is 1. The number of nitrogens with two attached hydrogens (primary N) is 1. The molecular weight excluding hydrogens is 392 g/mol. The highest BCUT2D eigenvalue weighted by Gasteiger charge is 2.35. The molecule has 136 valence electrons. The lowest BCUT2D eigenvalue weighted by molar-refractivity contribution is -0.202. The molecule has 0 bridgehead atoms. The Morgan fingerprint density at radius 3 is 2.31 bits per heavy atom. The average molecular weight is 403 g/mol. The number of benzene rings is 2. The molecule has 0 saturated heterocycles. The van der Waals surface area contributed by atoms with Crippen LogP contribution in [0.4, 0.5) is 18.9 Å². The molecule has 9 heteroatoms. The molecule has 0 saturated carbocycles. The molecular formula is C17H11Cl2F3N2O2. The summed E-state index contributed by atoms with van der Waals surface area (Å²) in [6, 6.07) is 8.23. The maximum atomic E-state index is 13.4. The minimum atomic E-state index is -4.95. The number of ether oxygens (including phenoxy) is 1. The summed E-state index contributed by atoms with van der Waals surface area (Å²) in [7, 11) is 1.38. The van der Waals surface area contributed by atoms with Gasteiger partial charge in [0.05, 0.1) is 12.6 Å². The zero-order valence-corrected chi connectivity index (χ0v) is 14.7. The number of nitrogen functional groups attached to an aromatic ring is 1. The molecule has 26 heavy (non-hydrogen) atoms. The standard InChI is InChI=1S/C17H11Cl2F3N2O2/c1-26-13-5-3-9(19)7-11(13)14-10-6-8(18)2-4-12(10)24(17(20,21)22)16(25)15(14)23/h2-7H,23H2,1H3. The van der Waals surface area contributed by atoms with Gasteiger partial charge in [-0.25, -0.2) is 4.57 Å². The lowest BCUT2D eigenvalue weighted by Gasteiger charge is -2.19. The van der Waals surface area contributed by atoms with E-state index in [0.717, 1.165) is 6.07 Å². The quantitative estimate of drug-likeness (QED) is 0.652. The van der Waals surface area contributed by atoms with E-state index in [2.05, 4.69) is 0 Å². The van der Waals surface area contributed by atoms with E-state index in [4.69, 9.17) is 33.7 Å². The molecule has 0 aliphatic heterocycles. The summed E-state index contributed by atoms with van der Waals surface area (Å²) < 4.78 is 45.2. The van der Waals surface area contributed by atoms with Crippen LogP contribution >= 0.6 is 23.2 Å². The molecule has 1 heterocycles. The number of rotatable bonds is 2. The number of pyridine rings is 1.